The van der Waals surface area contributed by atoms with Crippen LogP contribution in [-0.4, -0.2) is 58.9 Å². The van der Waals surface area contributed by atoms with Gasteiger partial charge in [0.15, 0.2) is 0 Å². The molecule has 2 aromatic rings. The Bertz CT molecular complexity index is 950. The molecule has 1 saturated carbocycles. The molecule has 2 fully saturated rings. The van der Waals surface area contributed by atoms with Crippen LogP contribution in [0.25, 0.3) is 5.69 Å². The Hall–Kier alpha value is -2.38. The van der Waals surface area contributed by atoms with Crippen molar-refractivity contribution in [3.8, 4) is 5.69 Å². The third kappa shape index (κ3) is 4.93. The summed E-state index contributed by atoms with van der Waals surface area (Å²) >= 11 is 6.45. The number of halogens is 1. The van der Waals surface area contributed by atoms with Gasteiger partial charge in [0.1, 0.15) is 5.02 Å². The molecule has 1 saturated heterocycles. The molecule has 4 rings (SSSR count). The van der Waals surface area contributed by atoms with Crippen molar-refractivity contribution in [3.05, 3.63) is 51.9 Å². The summed E-state index contributed by atoms with van der Waals surface area (Å²) in [5.74, 6) is 0.116. The summed E-state index contributed by atoms with van der Waals surface area (Å²) < 4.78 is 1.32. The predicted molar refractivity (Wildman–Crippen MR) is 123 cm³/mol. The lowest BCUT2D eigenvalue weighted by Crippen LogP contribution is -2.55. The van der Waals surface area contributed by atoms with E-state index in [0.29, 0.717) is 30.5 Å². The molecule has 0 radical (unpaired) electrons. The molecule has 2 aliphatic rings. The zero-order valence-corrected chi connectivity index (χ0v) is 18.7. The van der Waals surface area contributed by atoms with E-state index in [-0.39, 0.29) is 22.5 Å². The molecular weight excluding hydrogens is 414 g/mol. The highest BCUT2D eigenvalue weighted by atomic mass is 35.5. The van der Waals surface area contributed by atoms with Gasteiger partial charge in [-0.05, 0) is 31.9 Å². The number of benzene rings is 1. The molecule has 8 heteroatoms. The average Bonchev–Trinajstić information content (AvgIpc) is 2.82. The summed E-state index contributed by atoms with van der Waals surface area (Å²) in [4.78, 5) is 29.7. The van der Waals surface area contributed by atoms with Gasteiger partial charge in [0.05, 0.1) is 23.6 Å². The summed E-state index contributed by atoms with van der Waals surface area (Å²) in [5, 5.41) is 7.74. The Kier molecular flexibility index (Phi) is 6.92. The summed E-state index contributed by atoms with van der Waals surface area (Å²) in [6.07, 6.45) is 7.52. The molecule has 1 N–H and O–H groups in total. The Morgan fingerprint density at radius 2 is 1.77 bits per heavy atom. The first-order chi connectivity index (χ1) is 15.0. The maximum Gasteiger partial charge on any atom is 0.292 e. The van der Waals surface area contributed by atoms with Crippen molar-refractivity contribution in [2.24, 2.45) is 0 Å². The van der Waals surface area contributed by atoms with Gasteiger partial charge >= 0.3 is 0 Å². The normalized spacial score (nSPS) is 19.2. The van der Waals surface area contributed by atoms with Gasteiger partial charge in [-0.2, -0.15) is 9.78 Å². The second-order valence-corrected chi connectivity index (χ2v) is 8.82. The van der Waals surface area contributed by atoms with Crippen LogP contribution in [0, 0.1) is 0 Å². The maximum absolute atomic E-state index is 12.8. The number of carbonyl (C=O) groups excluding carboxylic acids is 1. The molecule has 0 spiro atoms. The molecule has 31 heavy (non-hydrogen) atoms. The fourth-order valence-electron chi connectivity index (χ4n) is 4.48. The minimum atomic E-state index is -0.326. The Morgan fingerprint density at radius 1 is 1.10 bits per heavy atom. The van der Waals surface area contributed by atoms with E-state index < -0.39 is 0 Å². The molecule has 2 heterocycles. The average molecular weight is 444 g/mol. The number of amides is 1. The SMILES string of the molecule is CC(C(=O)NC1CCCCC1)N1CCN(c2cnn(-c3ccccc3)c(=O)c2Cl)CC1. The maximum atomic E-state index is 12.8. The van der Waals surface area contributed by atoms with E-state index in [1.54, 1.807) is 6.20 Å². The number of piperazine rings is 1. The molecule has 1 aliphatic carbocycles. The smallest absolute Gasteiger partial charge is 0.292 e. The van der Waals surface area contributed by atoms with Crippen molar-refractivity contribution in [1.29, 1.82) is 0 Å². The van der Waals surface area contributed by atoms with Crippen molar-refractivity contribution in [2.75, 3.05) is 31.1 Å². The minimum absolute atomic E-state index is 0.116. The van der Waals surface area contributed by atoms with E-state index in [4.69, 9.17) is 11.6 Å². The number of hydrogen-bond acceptors (Lipinski definition) is 5. The van der Waals surface area contributed by atoms with E-state index >= 15 is 0 Å². The number of para-hydroxylation sites is 1. The summed E-state index contributed by atoms with van der Waals surface area (Å²) in [5.41, 5.74) is 1.01. The third-order valence-electron chi connectivity index (χ3n) is 6.43. The fourth-order valence-corrected chi connectivity index (χ4v) is 4.73. The van der Waals surface area contributed by atoms with Crippen LogP contribution in [0.4, 0.5) is 5.69 Å². The van der Waals surface area contributed by atoms with E-state index in [9.17, 15) is 9.59 Å². The van der Waals surface area contributed by atoms with Crippen molar-refractivity contribution < 1.29 is 4.79 Å². The highest BCUT2D eigenvalue weighted by Gasteiger charge is 2.28. The fraction of sp³-hybridized carbons (Fsp3) is 0.522. The molecule has 1 aliphatic heterocycles. The third-order valence-corrected chi connectivity index (χ3v) is 6.79. The van der Waals surface area contributed by atoms with Crippen LogP contribution in [0.15, 0.2) is 41.3 Å². The first-order valence-electron chi connectivity index (χ1n) is 11.2. The molecule has 7 nitrogen and oxygen atoms in total. The van der Waals surface area contributed by atoms with Gasteiger partial charge in [-0.3, -0.25) is 14.5 Å². The summed E-state index contributed by atoms with van der Waals surface area (Å²) in [6, 6.07) is 9.41. The van der Waals surface area contributed by atoms with Crippen molar-refractivity contribution in [1.82, 2.24) is 20.0 Å². The Morgan fingerprint density at radius 3 is 2.45 bits per heavy atom. The topological polar surface area (TPSA) is 70.5 Å². The van der Waals surface area contributed by atoms with Gasteiger partial charge < -0.3 is 10.2 Å². The number of anilines is 1. The van der Waals surface area contributed by atoms with Gasteiger partial charge in [-0.15, -0.1) is 0 Å². The van der Waals surface area contributed by atoms with Crippen molar-refractivity contribution in [2.45, 2.75) is 51.1 Å². The van der Waals surface area contributed by atoms with E-state index in [0.717, 1.165) is 25.9 Å². The monoisotopic (exact) mass is 443 g/mol. The lowest BCUT2D eigenvalue weighted by Gasteiger charge is -2.39. The minimum Gasteiger partial charge on any atom is -0.366 e. The van der Waals surface area contributed by atoms with Crippen LogP contribution in [-0.2, 0) is 4.79 Å². The quantitative estimate of drug-likeness (QED) is 0.769. The second-order valence-electron chi connectivity index (χ2n) is 8.44. The largest absolute Gasteiger partial charge is 0.366 e. The lowest BCUT2D eigenvalue weighted by atomic mass is 9.95. The molecule has 166 valence electrons. The van der Waals surface area contributed by atoms with E-state index in [1.807, 2.05) is 37.3 Å². The van der Waals surface area contributed by atoms with Gasteiger partial charge in [-0.1, -0.05) is 49.1 Å². The number of hydrogen-bond donors (Lipinski definition) is 1. The van der Waals surface area contributed by atoms with Crippen LogP contribution in [0.3, 0.4) is 0 Å². The molecule has 1 unspecified atom stereocenters. The number of nitrogens with zero attached hydrogens (tertiary/aromatic N) is 4. The van der Waals surface area contributed by atoms with Crippen LogP contribution >= 0.6 is 11.6 Å². The number of rotatable bonds is 5. The Balaban J connectivity index is 1.38. The Labute approximate surface area is 188 Å². The van der Waals surface area contributed by atoms with Crippen LogP contribution in [0.5, 0.6) is 0 Å². The van der Waals surface area contributed by atoms with Crippen LogP contribution < -0.4 is 15.8 Å². The van der Waals surface area contributed by atoms with Gasteiger partial charge in [0.25, 0.3) is 5.56 Å². The van der Waals surface area contributed by atoms with E-state index in [1.165, 1.54) is 23.9 Å². The van der Waals surface area contributed by atoms with Gasteiger partial charge in [-0.25, -0.2) is 0 Å². The first-order valence-corrected chi connectivity index (χ1v) is 11.5. The molecular formula is C23H30ClN5O2. The molecule has 1 atom stereocenters. The number of aromatic nitrogens is 2. The van der Waals surface area contributed by atoms with Gasteiger partial charge in [0.2, 0.25) is 5.91 Å². The summed E-state index contributed by atoms with van der Waals surface area (Å²) in [6.45, 7) is 4.83. The van der Waals surface area contributed by atoms with Gasteiger partial charge in [0, 0.05) is 32.2 Å². The number of carbonyl (C=O) groups is 1. The standard InChI is InChI=1S/C23H30ClN5O2/c1-17(22(30)26-18-8-4-2-5-9-18)27-12-14-28(15-13-27)20-16-25-29(23(31)21(20)24)19-10-6-3-7-11-19/h3,6-7,10-11,16-18H,2,4-5,8-9,12-15H2,1H3,(H,26,30). The zero-order chi connectivity index (χ0) is 21.8. The predicted octanol–water partition coefficient (Wildman–Crippen LogP) is 2.85. The van der Waals surface area contributed by atoms with Crippen LogP contribution in [0.2, 0.25) is 5.02 Å². The lowest BCUT2D eigenvalue weighted by molar-refractivity contribution is -0.127. The van der Waals surface area contributed by atoms with E-state index in [2.05, 4.69) is 20.2 Å². The zero-order valence-electron chi connectivity index (χ0n) is 18.0. The molecule has 1 amide bonds. The second kappa shape index (κ2) is 9.83. The number of nitrogens with one attached hydrogen (secondary N) is 1. The summed E-state index contributed by atoms with van der Waals surface area (Å²) in [7, 11) is 0. The first kappa shape index (κ1) is 21.8. The van der Waals surface area contributed by atoms with Crippen molar-refractivity contribution in [3.63, 3.8) is 0 Å². The molecule has 1 aromatic carbocycles. The molecule has 1 aromatic heterocycles. The van der Waals surface area contributed by atoms with Crippen LogP contribution in [0.1, 0.15) is 39.0 Å². The highest BCUT2D eigenvalue weighted by molar-refractivity contribution is 6.33. The highest BCUT2D eigenvalue weighted by Crippen LogP contribution is 2.24. The van der Waals surface area contributed by atoms with Crippen molar-refractivity contribution >= 4 is 23.2 Å². The molecule has 0 bridgehead atoms.